The van der Waals surface area contributed by atoms with Gasteiger partial charge in [-0.3, -0.25) is 0 Å². The zero-order valence-corrected chi connectivity index (χ0v) is 10.1. The quantitative estimate of drug-likeness (QED) is 0.725. The van der Waals surface area contributed by atoms with E-state index in [1.165, 1.54) is 5.56 Å². The minimum atomic E-state index is 0.362. The Balaban J connectivity index is 2.08. The van der Waals surface area contributed by atoms with Crippen molar-refractivity contribution in [3.05, 3.63) is 67.1 Å². The maximum absolute atomic E-state index is 5.73. The lowest BCUT2D eigenvalue weighted by atomic mass is 9.99. The van der Waals surface area contributed by atoms with E-state index in [1.54, 1.807) is 0 Å². The second-order valence-corrected chi connectivity index (χ2v) is 4.09. The summed E-state index contributed by atoms with van der Waals surface area (Å²) in [6, 6.07) is 18.0. The van der Waals surface area contributed by atoms with Crippen molar-refractivity contribution in [2.75, 3.05) is 0 Å². The summed E-state index contributed by atoms with van der Waals surface area (Å²) < 4.78 is 5.73. The Morgan fingerprint density at radius 3 is 2.12 bits per heavy atom. The molecule has 87 valence electrons. The van der Waals surface area contributed by atoms with Gasteiger partial charge in [0.1, 0.15) is 11.5 Å². The van der Waals surface area contributed by atoms with Gasteiger partial charge in [-0.25, -0.2) is 0 Å². The van der Waals surface area contributed by atoms with Crippen LogP contribution in [0, 0.1) is 6.92 Å². The average molecular weight is 225 g/mol. The molecule has 17 heavy (non-hydrogen) atoms. The summed E-state index contributed by atoms with van der Waals surface area (Å²) in [5.74, 6) is 2.09. The predicted molar refractivity (Wildman–Crippen MR) is 71.3 cm³/mol. The van der Waals surface area contributed by atoms with Crippen molar-refractivity contribution in [2.45, 2.75) is 19.3 Å². The van der Waals surface area contributed by atoms with E-state index in [9.17, 15) is 0 Å². The van der Waals surface area contributed by atoms with Crippen LogP contribution in [-0.4, -0.2) is 0 Å². The van der Waals surface area contributed by atoms with Crippen molar-refractivity contribution in [1.29, 1.82) is 0 Å². The predicted octanol–water partition coefficient (Wildman–Crippen LogP) is 4.81. The molecule has 2 aromatic rings. The van der Waals surface area contributed by atoms with E-state index < -0.39 is 0 Å². The van der Waals surface area contributed by atoms with Crippen molar-refractivity contribution >= 4 is 0 Å². The minimum Gasteiger partial charge on any atom is -0.457 e. The average Bonchev–Trinajstić information content (AvgIpc) is 2.40. The lowest BCUT2D eigenvalue weighted by Gasteiger charge is -2.10. The molecule has 0 bridgehead atoms. The lowest BCUT2D eigenvalue weighted by molar-refractivity contribution is 0.482. The van der Waals surface area contributed by atoms with Gasteiger partial charge < -0.3 is 4.74 Å². The Hall–Kier alpha value is -1.76. The van der Waals surface area contributed by atoms with Crippen LogP contribution in [0.5, 0.6) is 11.5 Å². The summed E-state index contributed by atoms with van der Waals surface area (Å²) in [7, 11) is 0. The number of para-hydroxylation sites is 1. The molecule has 1 radical (unpaired) electrons. The number of rotatable bonds is 4. The first kappa shape index (κ1) is 11.7. The Kier molecular flexibility index (Phi) is 3.81. The SMILES string of the molecule is [CH2]C(CC)c1ccc(Oc2ccccc2)cc1. The first-order valence-corrected chi connectivity index (χ1v) is 5.95. The largest absolute Gasteiger partial charge is 0.457 e. The van der Waals surface area contributed by atoms with E-state index >= 15 is 0 Å². The molecule has 0 spiro atoms. The van der Waals surface area contributed by atoms with E-state index in [4.69, 9.17) is 4.74 Å². The molecule has 0 aliphatic rings. The fraction of sp³-hybridized carbons (Fsp3) is 0.188. The molecule has 1 atom stereocenters. The molecule has 0 heterocycles. The van der Waals surface area contributed by atoms with E-state index in [2.05, 4.69) is 26.0 Å². The maximum Gasteiger partial charge on any atom is 0.127 e. The van der Waals surface area contributed by atoms with Gasteiger partial charge in [0.25, 0.3) is 0 Å². The van der Waals surface area contributed by atoms with Gasteiger partial charge in [-0.15, -0.1) is 0 Å². The van der Waals surface area contributed by atoms with Gasteiger partial charge in [-0.2, -0.15) is 0 Å². The van der Waals surface area contributed by atoms with Crippen LogP contribution in [0.4, 0.5) is 0 Å². The third kappa shape index (κ3) is 3.10. The van der Waals surface area contributed by atoms with E-state index in [-0.39, 0.29) is 0 Å². The van der Waals surface area contributed by atoms with Gasteiger partial charge in [0, 0.05) is 0 Å². The fourth-order valence-electron chi connectivity index (χ4n) is 1.67. The second kappa shape index (κ2) is 5.53. The molecule has 0 N–H and O–H groups in total. The smallest absolute Gasteiger partial charge is 0.127 e. The van der Waals surface area contributed by atoms with Crippen LogP contribution < -0.4 is 4.74 Å². The summed E-state index contributed by atoms with van der Waals surface area (Å²) in [6.07, 6.45) is 1.05. The Morgan fingerprint density at radius 2 is 1.53 bits per heavy atom. The van der Waals surface area contributed by atoms with Gasteiger partial charge in [0.2, 0.25) is 0 Å². The highest BCUT2D eigenvalue weighted by Gasteiger charge is 2.03. The fourth-order valence-corrected chi connectivity index (χ4v) is 1.67. The third-order valence-corrected chi connectivity index (χ3v) is 2.82. The molecular weight excluding hydrogens is 208 g/mol. The van der Waals surface area contributed by atoms with Crippen molar-refractivity contribution in [3.8, 4) is 11.5 Å². The zero-order valence-electron chi connectivity index (χ0n) is 10.1. The number of benzene rings is 2. The first-order valence-electron chi connectivity index (χ1n) is 5.95. The van der Waals surface area contributed by atoms with Crippen LogP contribution in [0.25, 0.3) is 0 Å². The molecule has 0 aliphatic heterocycles. The number of ether oxygens (including phenoxy) is 1. The maximum atomic E-state index is 5.73. The molecule has 1 unspecified atom stereocenters. The molecule has 0 aliphatic carbocycles. The Labute approximate surface area is 103 Å². The van der Waals surface area contributed by atoms with E-state index in [1.807, 2.05) is 42.5 Å². The highest BCUT2D eigenvalue weighted by molar-refractivity contribution is 5.34. The summed E-state index contributed by atoms with van der Waals surface area (Å²) in [5, 5.41) is 0. The summed E-state index contributed by atoms with van der Waals surface area (Å²) in [6.45, 7) is 6.24. The molecule has 0 amide bonds. The highest BCUT2D eigenvalue weighted by atomic mass is 16.5. The molecule has 1 heteroatoms. The van der Waals surface area contributed by atoms with Crippen LogP contribution in [0.15, 0.2) is 54.6 Å². The van der Waals surface area contributed by atoms with Crippen LogP contribution in [0.1, 0.15) is 24.8 Å². The van der Waals surface area contributed by atoms with Crippen LogP contribution in [-0.2, 0) is 0 Å². The van der Waals surface area contributed by atoms with Gasteiger partial charge in [0.05, 0.1) is 0 Å². The van der Waals surface area contributed by atoms with Crippen LogP contribution in [0.3, 0.4) is 0 Å². The normalized spacial score (nSPS) is 12.1. The Bertz CT molecular complexity index is 445. The zero-order chi connectivity index (χ0) is 12.1. The van der Waals surface area contributed by atoms with Crippen molar-refractivity contribution < 1.29 is 4.74 Å². The molecule has 0 fully saturated rings. The van der Waals surface area contributed by atoms with Crippen molar-refractivity contribution in [3.63, 3.8) is 0 Å². The standard InChI is InChI=1S/C16H17O/c1-3-13(2)14-9-11-16(12-10-14)17-15-7-5-4-6-8-15/h4-13H,2-3H2,1H3. The van der Waals surface area contributed by atoms with Gasteiger partial charge in [-0.05, 0) is 49.1 Å². The summed E-state index contributed by atoms with van der Waals surface area (Å²) >= 11 is 0. The highest BCUT2D eigenvalue weighted by Crippen LogP contribution is 2.24. The van der Waals surface area contributed by atoms with E-state index in [0.717, 1.165) is 17.9 Å². The molecular formula is C16H17O. The van der Waals surface area contributed by atoms with Crippen LogP contribution >= 0.6 is 0 Å². The second-order valence-electron chi connectivity index (χ2n) is 4.09. The van der Waals surface area contributed by atoms with Gasteiger partial charge >= 0.3 is 0 Å². The third-order valence-electron chi connectivity index (χ3n) is 2.82. The van der Waals surface area contributed by atoms with Gasteiger partial charge in [0.15, 0.2) is 0 Å². The molecule has 0 saturated heterocycles. The molecule has 2 rings (SSSR count). The molecule has 0 aromatic heterocycles. The Morgan fingerprint density at radius 1 is 0.941 bits per heavy atom. The first-order chi connectivity index (χ1) is 8.29. The molecule has 2 aromatic carbocycles. The van der Waals surface area contributed by atoms with Crippen molar-refractivity contribution in [1.82, 2.24) is 0 Å². The summed E-state index contributed by atoms with van der Waals surface area (Å²) in [5.41, 5.74) is 1.26. The lowest BCUT2D eigenvalue weighted by Crippen LogP contribution is -1.91. The van der Waals surface area contributed by atoms with Crippen LogP contribution in [0.2, 0.25) is 0 Å². The van der Waals surface area contributed by atoms with Gasteiger partial charge in [-0.1, -0.05) is 37.3 Å². The topological polar surface area (TPSA) is 9.23 Å². The number of hydrogen-bond donors (Lipinski definition) is 0. The number of hydrogen-bond acceptors (Lipinski definition) is 1. The van der Waals surface area contributed by atoms with Crippen molar-refractivity contribution in [2.24, 2.45) is 0 Å². The minimum absolute atomic E-state index is 0.362. The summed E-state index contributed by atoms with van der Waals surface area (Å²) in [4.78, 5) is 0. The molecule has 1 nitrogen and oxygen atoms in total. The van der Waals surface area contributed by atoms with E-state index in [0.29, 0.717) is 5.92 Å². The monoisotopic (exact) mass is 225 g/mol. The molecule has 0 saturated carbocycles.